The third-order valence-electron chi connectivity index (χ3n) is 7.58. The number of anilines is 1. The molecule has 4 rings (SSSR count). The van der Waals surface area contributed by atoms with Gasteiger partial charge in [0.2, 0.25) is 11.8 Å². The van der Waals surface area contributed by atoms with Gasteiger partial charge in [-0.3, -0.25) is 13.9 Å². The van der Waals surface area contributed by atoms with Crippen molar-refractivity contribution in [2.45, 2.75) is 50.9 Å². The van der Waals surface area contributed by atoms with Crippen molar-refractivity contribution in [2.75, 3.05) is 17.4 Å². The quantitative estimate of drug-likeness (QED) is 0.159. The first-order valence-electron chi connectivity index (χ1n) is 15.3. The smallest absolute Gasteiger partial charge is 0.354 e. The Morgan fingerprint density at radius 2 is 1.44 bits per heavy atom. The van der Waals surface area contributed by atoms with Crippen LogP contribution in [0.1, 0.15) is 36.1 Å². The van der Waals surface area contributed by atoms with E-state index in [1.807, 2.05) is 32.0 Å². The predicted molar refractivity (Wildman–Crippen MR) is 181 cm³/mol. The Hall–Kier alpha value is -4.35. The summed E-state index contributed by atoms with van der Waals surface area (Å²) in [6, 6.07) is 25.2. The zero-order valence-electron chi connectivity index (χ0n) is 26.7. The molecule has 0 aliphatic heterocycles. The van der Waals surface area contributed by atoms with Crippen LogP contribution in [0, 0.1) is 12.8 Å². The largest absolute Gasteiger partial charge is 0.417 e. The Labute approximate surface area is 284 Å². The molecule has 0 aliphatic carbocycles. The van der Waals surface area contributed by atoms with Crippen molar-refractivity contribution >= 4 is 39.1 Å². The lowest BCUT2D eigenvalue weighted by molar-refractivity contribution is -0.140. The van der Waals surface area contributed by atoms with Gasteiger partial charge in [0.1, 0.15) is 12.6 Å². The number of carbonyl (C=O) groups is 2. The number of carbonyl (C=O) groups excluding carboxylic acids is 2. The minimum atomic E-state index is -4.90. The van der Waals surface area contributed by atoms with Crippen molar-refractivity contribution in [3.8, 4) is 0 Å². The van der Waals surface area contributed by atoms with Crippen molar-refractivity contribution in [3.05, 3.63) is 130 Å². The lowest BCUT2D eigenvalue weighted by Crippen LogP contribution is -2.53. The summed E-state index contributed by atoms with van der Waals surface area (Å²) in [6.07, 6.45) is -4.79. The van der Waals surface area contributed by atoms with Gasteiger partial charge in [-0.2, -0.15) is 13.2 Å². The summed E-state index contributed by atoms with van der Waals surface area (Å²) in [5.74, 6) is -1.14. The van der Waals surface area contributed by atoms with Gasteiger partial charge in [0.15, 0.2) is 0 Å². The average molecular weight is 700 g/mol. The van der Waals surface area contributed by atoms with Crippen LogP contribution in [0.25, 0.3) is 0 Å². The van der Waals surface area contributed by atoms with E-state index in [1.165, 1.54) is 17.0 Å². The van der Waals surface area contributed by atoms with Gasteiger partial charge in [0.05, 0.1) is 21.2 Å². The fourth-order valence-electron chi connectivity index (χ4n) is 5.01. The number of aryl methyl sites for hydroxylation is 1. The van der Waals surface area contributed by atoms with Crippen LogP contribution in [-0.4, -0.2) is 44.3 Å². The summed E-state index contributed by atoms with van der Waals surface area (Å²) in [5, 5.41) is 2.27. The highest BCUT2D eigenvalue weighted by Crippen LogP contribution is 2.38. The number of amides is 2. The van der Waals surface area contributed by atoms with Gasteiger partial charge in [-0.25, -0.2) is 8.42 Å². The maximum atomic E-state index is 14.5. The second-order valence-corrected chi connectivity index (χ2v) is 14.1. The molecule has 4 aromatic carbocycles. The van der Waals surface area contributed by atoms with Gasteiger partial charge in [-0.15, -0.1) is 0 Å². The zero-order chi connectivity index (χ0) is 35.1. The summed E-state index contributed by atoms with van der Waals surface area (Å²) in [6.45, 7) is 4.97. The summed E-state index contributed by atoms with van der Waals surface area (Å²) < 4.78 is 70.8. The van der Waals surface area contributed by atoms with Crippen LogP contribution in [0.4, 0.5) is 18.9 Å². The van der Waals surface area contributed by atoms with E-state index in [0.29, 0.717) is 22.5 Å². The number of rotatable bonds is 13. The molecule has 0 fully saturated rings. The molecule has 0 bridgehead atoms. The standard InChI is InChI=1S/C36H37ClF3N3O4S/c1-25(2)22-41-35(45)33(20-27-10-6-4-7-11-27)42(23-28-12-8-5-9-13-28)34(44)24-43(48(46,47)30-17-14-26(3)15-18-30)29-16-19-32(37)31(21-29)36(38,39)40/h4-19,21,25,33H,20,22-24H2,1-3H3,(H,41,45)/t33-/m0/s1. The van der Waals surface area contributed by atoms with Gasteiger partial charge in [0.25, 0.3) is 10.0 Å². The first kappa shape index (κ1) is 36.5. The summed E-state index contributed by atoms with van der Waals surface area (Å²) >= 11 is 5.88. The number of alkyl halides is 3. The fraction of sp³-hybridized carbons (Fsp3) is 0.278. The second-order valence-electron chi connectivity index (χ2n) is 11.8. The van der Waals surface area contributed by atoms with E-state index in [0.717, 1.165) is 23.3 Å². The maximum Gasteiger partial charge on any atom is 0.417 e. The van der Waals surface area contributed by atoms with Crippen molar-refractivity contribution in [2.24, 2.45) is 5.92 Å². The van der Waals surface area contributed by atoms with E-state index in [1.54, 1.807) is 61.5 Å². The van der Waals surface area contributed by atoms with E-state index in [4.69, 9.17) is 11.6 Å². The Balaban J connectivity index is 1.85. The predicted octanol–water partition coefficient (Wildman–Crippen LogP) is 7.27. The van der Waals surface area contributed by atoms with E-state index in [2.05, 4.69) is 5.32 Å². The Morgan fingerprint density at radius 1 is 0.854 bits per heavy atom. The SMILES string of the molecule is Cc1ccc(S(=O)(=O)N(CC(=O)N(Cc2ccccc2)[C@@H](Cc2ccccc2)C(=O)NCC(C)C)c2ccc(Cl)c(C(F)(F)F)c2)cc1. The minimum Gasteiger partial charge on any atom is -0.354 e. The monoisotopic (exact) mass is 699 g/mol. The van der Waals surface area contributed by atoms with Crippen molar-refractivity contribution < 1.29 is 31.2 Å². The van der Waals surface area contributed by atoms with Crippen LogP contribution in [0.15, 0.2) is 108 Å². The summed E-state index contributed by atoms with van der Waals surface area (Å²) in [7, 11) is -4.60. The van der Waals surface area contributed by atoms with Crippen molar-refractivity contribution in [1.82, 2.24) is 10.2 Å². The van der Waals surface area contributed by atoms with Crippen LogP contribution < -0.4 is 9.62 Å². The normalized spacial score (nSPS) is 12.4. The molecule has 0 unspecified atom stereocenters. The third kappa shape index (κ3) is 9.38. The third-order valence-corrected chi connectivity index (χ3v) is 9.70. The molecule has 0 aliphatic rings. The Morgan fingerprint density at radius 3 is 2.00 bits per heavy atom. The second kappa shape index (κ2) is 15.7. The van der Waals surface area contributed by atoms with Crippen LogP contribution >= 0.6 is 11.6 Å². The van der Waals surface area contributed by atoms with Crippen LogP contribution in [0.3, 0.4) is 0 Å². The molecule has 12 heteroatoms. The van der Waals surface area contributed by atoms with E-state index in [9.17, 15) is 31.2 Å². The molecule has 0 aromatic heterocycles. The van der Waals surface area contributed by atoms with E-state index in [-0.39, 0.29) is 23.8 Å². The number of halogens is 4. The lowest BCUT2D eigenvalue weighted by atomic mass is 10.0. The molecule has 0 saturated carbocycles. The Bertz CT molecular complexity index is 1800. The molecular formula is C36H37ClF3N3O4S. The number of nitrogens with zero attached hydrogens (tertiary/aromatic N) is 2. The average Bonchev–Trinajstić information content (AvgIpc) is 3.05. The molecule has 0 spiro atoms. The number of sulfonamides is 1. The molecule has 0 saturated heterocycles. The van der Waals surface area contributed by atoms with Crippen LogP contribution in [0.2, 0.25) is 5.02 Å². The first-order valence-corrected chi connectivity index (χ1v) is 17.1. The minimum absolute atomic E-state index is 0.0703. The highest BCUT2D eigenvalue weighted by atomic mass is 35.5. The fourth-order valence-corrected chi connectivity index (χ4v) is 6.64. The van der Waals surface area contributed by atoms with Gasteiger partial charge >= 0.3 is 6.18 Å². The molecule has 7 nitrogen and oxygen atoms in total. The number of nitrogens with one attached hydrogen (secondary N) is 1. The highest BCUT2D eigenvalue weighted by Gasteiger charge is 2.37. The van der Waals surface area contributed by atoms with E-state index < -0.39 is 56.9 Å². The van der Waals surface area contributed by atoms with Gasteiger partial charge in [-0.05, 0) is 54.3 Å². The van der Waals surface area contributed by atoms with Gasteiger partial charge in [0, 0.05) is 19.5 Å². The summed E-state index contributed by atoms with van der Waals surface area (Å²) in [5.41, 5.74) is 0.510. The first-order chi connectivity index (χ1) is 22.7. The number of benzene rings is 4. The zero-order valence-corrected chi connectivity index (χ0v) is 28.3. The Kier molecular flexibility index (Phi) is 11.9. The molecule has 1 N–H and O–H groups in total. The molecule has 48 heavy (non-hydrogen) atoms. The van der Waals surface area contributed by atoms with Crippen molar-refractivity contribution in [3.63, 3.8) is 0 Å². The lowest BCUT2D eigenvalue weighted by Gasteiger charge is -2.34. The maximum absolute atomic E-state index is 14.5. The molecule has 4 aromatic rings. The molecule has 2 amide bonds. The van der Waals surface area contributed by atoms with Crippen molar-refractivity contribution in [1.29, 1.82) is 0 Å². The molecule has 1 atom stereocenters. The van der Waals surface area contributed by atoms with Gasteiger partial charge in [-0.1, -0.05) is 104 Å². The molecule has 0 radical (unpaired) electrons. The topological polar surface area (TPSA) is 86.8 Å². The van der Waals surface area contributed by atoms with Crippen LogP contribution in [0.5, 0.6) is 0 Å². The van der Waals surface area contributed by atoms with Gasteiger partial charge < -0.3 is 10.2 Å². The van der Waals surface area contributed by atoms with Crippen LogP contribution in [-0.2, 0) is 38.8 Å². The molecular weight excluding hydrogens is 663 g/mol. The van der Waals surface area contributed by atoms with E-state index >= 15 is 0 Å². The molecule has 0 heterocycles. The highest BCUT2D eigenvalue weighted by molar-refractivity contribution is 7.92. The summed E-state index contributed by atoms with van der Waals surface area (Å²) in [4.78, 5) is 29.3. The number of hydrogen-bond acceptors (Lipinski definition) is 4. The molecule has 254 valence electrons. The number of hydrogen-bond donors (Lipinski definition) is 1.